The topological polar surface area (TPSA) is 76.2 Å². The lowest BCUT2D eigenvalue weighted by Crippen LogP contribution is -2.34. The van der Waals surface area contributed by atoms with Gasteiger partial charge in [-0.3, -0.25) is 0 Å². The standard InChI is InChI=1S/C19H22FN5O2/c1-12(2)21-19(26)25-10-9-15(22-25)17-16(11-24(3)4)27-23-18(17)13-5-7-14(20)8-6-13/h5-10,12H,11H2,1-4H3,(H,21,26). The summed E-state index contributed by atoms with van der Waals surface area (Å²) in [5.74, 6) is 0.292. The first-order chi connectivity index (χ1) is 12.8. The summed E-state index contributed by atoms with van der Waals surface area (Å²) in [5, 5.41) is 11.4. The van der Waals surface area contributed by atoms with E-state index in [4.69, 9.17) is 4.52 Å². The molecule has 7 nitrogen and oxygen atoms in total. The van der Waals surface area contributed by atoms with E-state index in [1.54, 1.807) is 24.4 Å². The number of nitrogens with one attached hydrogen (secondary N) is 1. The number of halogens is 1. The summed E-state index contributed by atoms with van der Waals surface area (Å²) < 4.78 is 20.1. The number of rotatable bonds is 5. The molecule has 0 unspecified atom stereocenters. The SMILES string of the molecule is CC(C)NC(=O)n1ccc(-c2c(-c3ccc(F)cc3)noc2CN(C)C)n1. The second-order valence-electron chi connectivity index (χ2n) is 6.82. The van der Waals surface area contributed by atoms with E-state index in [-0.39, 0.29) is 17.9 Å². The van der Waals surface area contributed by atoms with Crippen LogP contribution < -0.4 is 5.32 Å². The normalized spacial score (nSPS) is 11.4. The number of aromatic nitrogens is 3. The lowest BCUT2D eigenvalue weighted by molar-refractivity contribution is 0.237. The van der Waals surface area contributed by atoms with Gasteiger partial charge in [0.15, 0.2) is 5.76 Å². The average Bonchev–Trinajstić information content (AvgIpc) is 3.21. The van der Waals surface area contributed by atoms with E-state index in [1.165, 1.54) is 16.8 Å². The lowest BCUT2D eigenvalue weighted by Gasteiger charge is -2.08. The van der Waals surface area contributed by atoms with Gasteiger partial charge in [0.1, 0.15) is 11.5 Å². The Morgan fingerprint density at radius 3 is 2.59 bits per heavy atom. The van der Waals surface area contributed by atoms with Crippen molar-refractivity contribution < 1.29 is 13.7 Å². The Bertz CT molecular complexity index is 928. The minimum atomic E-state index is -0.327. The molecule has 142 valence electrons. The van der Waals surface area contributed by atoms with Gasteiger partial charge < -0.3 is 14.7 Å². The Morgan fingerprint density at radius 2 is 1.96 bits per heavy atom. The van der Waals surface area contributed by atoms with Gasteiger partial charge in [0.2, 0.25) is 0 Å². The summed E-state index contributed by atoms with van der Waals surface area (Å²) >= 11 is 0. The molecule has 0 saturated heterocycles. The Morgan fingerprint density at radius 1 is 1.26 bits per heavy atom. The molecule has 1 amide bonds. The molecule has 0 aliphatic carbocycles. The number of hydrogen-bond donors (Lipinski definition) is 1. The fraction of sp³-hybridized carbons (Fsp3) is 0.316. The lowest BCUT2D eigenvalue weighted by atomic mass is 10.0. The molecule has 0 aliphatic heterocycles. The highest BCUT2D eigenvalue weighted by atomic mass is 19.1. The van der Waals surface area contributed by atoms with Crippen molar-refractivity contribution in [2.45, 2.75) is 26.4 Å². The molecule has 0 fully saturated rings. The van der Waals surface area contributed by atoms with E-state index in [0.29, 0.717) is 34.8 Å². The predicted molar refractivity (Wildman–Crippen MR) is 99.6 cm³/mol. The van der Waals surface area contributed by atoms with Crippen LogP contribution in [0.2, 0.25) is 0 Å². The van der Waals surface area contributed by atoms with Crippen LogP contribution in [0.1, 0.15) is 19.6 Å². The number of carbonyl (C=O) groups is 1. The molecule has 27 heavy (non-hydrogen) atoms. The second kappa shape index (κ2) is 7.71. The van der Waals surface area contributed by atoms with Crippen molar-refractivity contribution in [1.82, 2.24) is 25.2 Å². The zero-order chi connectivity index (χ0) is 19.6. The van der Waals surface area contributed by atoms with Crippen LogP contribution in [-0.2, 0) is 6.54 Å². The Labute approximate surface area is 156 Å². The van der Waals surface area contributed by atoms with E-state index in [0.717, 1.165) is 0 Å². The van der Waals surface area contributed by atoms with Crippen molar-refractivity contribution in [3.05, 3.63) is 48.1 Å². The molecule has 0 spiro atoms. The first kappa shape index (κ1) is 18.8. The molecular formula is C19H22FN5O2. The Hall–Kier alpha value is -3.00. The van der Waals surface area contributed by atoms with Gasteiger partial charge in [-0.25, -0.2) is 9.18 Å². The van der Waals surface area contributed by atoms with Crippen LogP contribution in [0.5, 0.6) is 0 Å². The summed E-state index contributed by atoms with van der Waals surface area (Å²) in [7, 11) is 3.83. The first-order valence-corrected chi connectivity index (χ1v) is 8.61. The van der Waals surface area contributed by atoms with Gasteiger partial charge in [-0.05, 0) is 58.3 Å². The van der Waals surface area contributed by atoms with E-state index in [2.05, 4.69) is 15.6 Å². The van der Waals surface area contributed by atoms with Crippen LogP contribution in [-0.4, -0.2) is 46.0 Å². The summed E-state index contributed by atoms with van der Waals surface area (Å²) in [6.45, 7) is 4.27. The largest absolute Gasteiger partial charge is 0.359 e. The molecule has 0 radical (unpaired) electrons. The molecule has 3 rings (SSSR count). The zero-order valence-corrected chi connectivity index (χ0v) is 15.7. The Balaban J connectivity index is 2.04. The van der Waals surface area contributed by atoms with E-state index >= 15 is 0 Å². The summed E-state index contributed by atoms with van der Waals surface area (Å²) in [6.07, 6.45) is 1.59. The van der Waals surface area contributed by atoms with Crippen molar-refractivity contribution in [3.63, 3.8) is 0 Å². The van der Waals surface area contributed by atoms with Crippen LogP contribution in [0, 0.1) is 5.82 Å². The van der Waals surface area contributed by atoms with Crippen LogP contribution in [0.4, 0.5) is 9.18 Å². The average molecular weight is 371 g/mol. The molecule has 0 atom stereocenters. The summed E-state index contributed by atoms with van der Waals surface area (Å²) in [4.78, 5) is 14.1. The number of carbonyl (C=O) groups excluding carboxylic acids is 1. The van der Waals surface area contributed by atoms with E-state index < -0.39 is 0 Å². The predicted octanol–water partition coefficient (Wildman–Crippen LogP) is 3.37. The molecule has 0 aliphatic rings. The second-order valence-corrected chi connectivity index (χ2v) is 6.82. The van der Waals surface area contributed by atoms with Crippen molar-refractivity contribution in [1.29, 1.82) is 0 Å². The smallest absolute Gasteiger partial charge is 0.342 e. The van der Waals surface area contributed by atoms with Crippen molar-refractivity contribution in [2.75, 3.05) is 14.1 Å². The van der Waals surface area contributed by atoms with Crippen LogP contribution >= 0.6 is 0 Å². The van der Waals surface area contributed by atoms with Gasteiger partial charge >= 0.3 is 6.03 Å². The maximum Gasteiger partial charge on any atom is 0.342 e. The minimum absolute atomic E-state index is 0.000167. The van der Waals surface area contributed by atoms with Gasteiger partial charge in [0.25, 0.3) is 0 Å². The summed E-state index contributed by atoms with van der Waals surface area (Å²) in [6, 6.07) is 7.43. The fourth-order valence-electron chi connectivity index (χ4n) is 2.67. The maximum atomic E-state index is 13.3. The fourth-order valence-corrected chi connectivity index (χ4v) is 2.67. The molecular weight excluding hydrogens is 349 g/mol. The molecule has 1 aromatic carbocycles. The minimum Gasteiger partial charge on any atom is -0.359 e. The number of nitrogens with zero attached hydrogens (tertiary/aromatic N) is 4. The number of benzene rings is 1. The van der Waals surface area contributed by atoms with Gasteiger partial charge in [-0.15, -0.1) is 0 Å². The van der Waals surface area contributed by atoms with E-state index in [1.807, 2.05) is 32.8 Å². The van der Waals surface area contributed by atoms with Crippen molar-refractivity contribution in [2.24, 2.45) is 0 Å². The highest BCUT2D eigenvalue weighted by Gasteiger charge is 2.22. The first-order valence-electron chi connectivity index (χ1n) is 8.61. The third kappa shape index (κ3) is 4.22. The van der Waals surface area contributed by atoms with Crippen LogP contribution in [0.3, 0.4) is 0 Å². The molecule has 0 saturated carbocycles. The highest BCUT2D eigenvalue weighted by Crippen LogP contribution is 2.34. The molecule has 0 bridgehead atoms. The van der Waals surface area contributed by atoms with Crippen molar-refractivity contribution in [3.8, 4) is 22.5 Å². The van der Waals surface area contributed by atoms with Gasteiger partial charge in [-0.2, -0.15) is 9.78 Å². The summed E-state index contributed by atoms with van der Waals surface area (Å²) in [5.41, 5.74) is 2.51. The van der Waals surface area contributed by atoms with Gasteiger partial charge in [-0.1, -0.05) is 5.16 Å². The van der Waals surface area contributed by atoms with Crippen molar-refractivity contribution >= 4 is 6.03 Å². The third-order valence-electron chi connectivity index (χ3n) is 3.81. The van der Waals surface area contributed by atoms with Gasteiger partial charge in [0, 0.05) is 17.8 Å². The molecule has 8 heteroatoms. The molecule has 2 heterocycles. The Kier molecular flexibility index (Phi) is 5.36. The molecule has 3 aromatic rings. The van der Waals surface area contributed by atoms with Gasteiger partial charge in [0.05, 0.1) is 17.8 Å². The van der Waals surface area contributed by atoms with E-state index in [9.17, 15) is 9.18 Å². The molecule has 1 N–H and O–H groups in total. The van der Waals surface area contributed by atoms with Crippen LogP contribution in [0.25, 0.3) is 22.5 Å². The number of amides is 1. The number of hydrogen-bond acceptors (Lipinski definition) is 5. The highest BCUT2D eigenvalue weighted by molar-refractivity contribution is 5.82. The molecule has 2 aromatic heterocycles. The third-order valence-corrected chi connectivity index (χ3v) is 3.81. The van der Waals surface area contributed by atoms with Crippen LogP contribution in [0.15, 0.2) is 41.1 Å². The monoisotopic (exact) mass is 371 g/mol. The zero-order valence-electron chi connectivity index (χ0n) is 15.7. The quantitative estimate of drug-likeness (QED) is 0.744. The maximum absolute atomic E-state index is 13.3.